The van der Waals surface area contributed by atoms with Crippen molar-refractivity contribution in [2.45, 2.75) is 32.1 Å². The van der Waals surface area contributed by atoms with Crippen molar-refractivity contribution in [3.63, 3.8) is 0 Å². The Morgan fingerprint density at radius 3 is 2.85 bits per heavy atom. The second kappa shape index (κ2) is 8.21. The van der Waals surface area contributed by atoms with Crippen molar-refractivity contribution in [1.82, 2.24) is 20.0 Å². The van der Waals surface area contributed by atoms with Crippen LogP contribution in [0.25, 0.3) is 11.4 Å². The van der Waals surface area contributed by atoms with Gasteiger partial charge in [-0.2, -0.15) is 4.98 Å². The van der Waals surface area contributed by atoms with Crippen molar-refractivity contribution in [2.24, 2.45) is 0 Å². The molecule has 134 valence electrons. The van der Waals surface area contributed by atoms with Crippen LogP contribution in [0.4, 0.5) is 0 Å². The molecule has 1 aliphatic rings. The van der Waals surface area contributed by atoms with Gasteiger partial charge < -0.3 is 9.26 Å². The average molecular weight is 350 g/mol. The monoisotopic (exact) mass is 350 g/mol. The van der Waals surface area contributed by atoms with Crippen molar-refractivity contribution in [3.05, 3.63) is 66.3 Å². The van der Waals surface area contributed by atoms with E-state index >= 15 is 0 Å². The Labute approximate surface area is 152 Å². The van der Waals surface area contributed by atoms with Gasteiger partial charge in [-0.25, -0.2) is 0 Å². The van der Waals surface area contributed by atoms with Crippen LogP contribution in [0.3, 0.4) is 0 Å². The lowest BCUT2D eigenvalue weighted by Gasteiger charge is -2.31. The molecule has 26 heavy (non-hydrogen) atoms. The summed E-state index contributed by atoms with van der Waals surface area (Å²) < 4.78 is 11.5. The molecule has 6 nitrogen and oxygen atoms in total. The van der Waals surface area contributed by atoms with Crippen molar-refractivity contribution in [3.8, 4) is 11.4 Å². The van der Waals surface area contributed by atoms with Crippen LogP contribution in [0.5, 0.6) is 0 Å². The zero-order valence-electron chi connectivity index (χ0n) is 14.6. The van der Waals surface area contributed by atoms with E-state index in [1.165, 1.54) is 0 Å². The Morgan fingerprint density at radius 1 is 1.12 bits per heavy atom. The summed E-state index contributed by atoms with van der Waals surface area (Å²) >= 11 is 0. The van der Waals surface area contributed by atoms with E-state index in [1.807, 2.05) is 48.5 Å². The molecular formula is C20H22N4O2. The first-order valence-corrected chi connectivity index (χ1v) is 8.99. The van der Waals surface area contributed by atoms with Crippen LogP contribution >= 0.6 is 0 Å². The van der Waals surface area contributed by atoms with Crippen LogP contribution in [0, 0.1) is 0 Å². The first-order chi connectivity index (χ1) is 12.9. The maximum atomic E-state index is 6.04. The molecule has 4 rings (SSSR count). The van der Waals surface area contributed by atoms with Gasteiger partial charge >= 0.3 is 0 Å². The third-order valence-electron chi connectivity index (χ3n) is 4.51. The van der Waals surface area contributed by atoms with Crippen LogP contribution in [0.15, 0.2) is 59.3 Å². The number of aromatic nitrogens is 3. The molecule has 0 bridgehead atoms. The van der Waals surface area contributed by atoms with Gasteiger partial charge in [0.1, 0.15) is 0 Å². The topological polar surface area (TPSA) is 64.3 Å². The molecule has 2 aromatic heterocycles. The fraction of sp³-hybridized carbons (Fsp3) is 0.350. The highest BCUT2D eigenvalue weighted by Gasteiger charge is 2.22. The molecule has 3 heterocycles. The molecule has 3 aromatic rings. The van der Waals surface area contributed by atoms with E-state index < -0.39 is 0 Å². The SMILES string of the molecule is c1ccc(-c2noc(CN3CCC[C@H](OCc4ccccn4)C3)n2)cc1. The fourth-order valence-electron chi connectivity index (χ4n) is 3.19. The van der Waals surface area contributed by atoms with Gasteiger partial charge in [0.2, 0.25) is 11.7 Å². The van der Waals surface area contributed by atoms with Crippen LogP contribution < -0.4 is 0 Å². The Balaban J connectivity index is 1.32. The van der Waals surface area contributed by atoms with Crippen molar-refractivity contribution >= 4 is 0 Å². The number of likely N-dealkylation sites (tertiary alicyclic amines) is 1. The molecular weight excluding hydrogens is 328 g/mol. The van der Waals surface area contributed by atoms with Crippen LogP contribution in [0.2, 0.25) is 0 Å². The number of pyridine rings is 1. The Kier molecular flexibility index (Phi) is 5.33. The van der Waals surface area contributed by atoms with Crippen LogP contribution in [0.1, 0.15) is 24.4 Å². The maximum Gasteiger partial charge on any atom is 0.241 e. The van der Waals surface area contributed by atoms with Gasteiger partial charge in [0.15, 0.2) is 0 Å². The average Bonchev–Trinajstić information content (AvgIpc) is 3.17. The second-order valence-corrected chi connectivity index (χ2v) is 6.51. The van der Waals surface area contributed by atoms with Crippen LogP contribution in [-0.2, 0) is 17.9 Å². The minimum absolute atomic E-state index is 0.210. The van der Waals surface area contributed by atoms with E-state index in [0.29, 0.717) is 24.9 Å². The fourth-order valence-corrected chi connectivity index (χ4v) is 3.19. The van der Waals surface area contributed by atoms with Gasteiger partial charge in [-0.05, 0) is 31.5 Å². The molecule has 1 saturated heterocycles. The van der Waals surface area contributed by atoms with E-state index in [-0.39, 0.29) is 6.10 Å². The Morgan fingerprint density at radius 2 is 2.00 bits per heavy atom. The molecule has 1 aromatic carbocycles. The highest BCUT2D eigenvalue weighted by molar-refractivity contribution is 5.53. The molecule has 0 saturated carbocycles. The van der Waals surface area contributed by atoms with Crippen LogP contribution in [-0.4, -0.2) is 39.2 Å². The molecule has 0 aliphatic carbocycles. The zero-order valence-corrected chi connectivity index (χ0v) is 14.6. The molecule has 0 N–H and O–H groups in total. The lowest BCUT2D eigenvalue weighted by Crippen LogP contribution is -2.39. The minimum atomic E-state index is 0.210. The van der Waals surface area contributed by atoms with E-state index in [9.17, 15) is 0 Å². The van der Waals surface area contributed by atoms with Gasteiger partial charge in [-0.3, -0.25) is 9.88 Å². The number of ether oxygens (including phenoxy) is 1. The number of hydrogen-bond donors (Lipinski definition) is 0. The number of nitrogens with zero attached hydrogens (tertiary/aromatic N) is 4. The summed E-state index contributed by atoms with van der Waals surface area (Å²) in [7, 11) is 0. The van der Waals surface area contributed by atoms with E-state index in [4.69, 9.17) is 9.26 Å². The summed E-state index contributed by atoms with van der Waals surface area (Å²) in [6.45, 7) is 3.10. The predicted molar refractivity (Wildman–Crippen MR) is 97.1 cm³/mol. The number of hydrogen-bond acceptors (Lipinski definition) is 6. The third-order valence-corrected chi connectivity index (χ3v) is 4.51. The Bertz CT molecular complexity index is 807. The molecule has 0 radical (unpaired) electrons. The third kappa shape index (κ3) is 4.33. The molecule has 0 unspecified atom stereocenters. The lowest BCUT2D eigenvalue weighted by molar-refractivity contribution is -0.0153. The number of rotatable bonds is 6. The summed E-state index contributed by atoms with van der Waals surface area (Å²) in [4.78, 5) is 11.1. The standard InChI is InChI=1S/C20H22N4O2/c1-2-7-16(8-3-1)20-22-19(26-23-20)14-24-12-6-10-18(13-24)25-15-17-9-4-5-11-21-17/h1-5,7-9,11,18H,6,10,12-15H2/t18-/m0/s1. The number of piperidine rings is 1. The Hall–Kier alpha value is -2.57. The predicted octanol–water partition coefficient (Wildman–Crippen LogP) is 3.31. The first-order valence-electron chi connectivity index (χ1n) is 8.99. The van der Waals surface area contributed by atoms with Gasteiger partial charge in [-0.1, -0.05) is 41.6 Å². The normalized spacial score (nSPS) is 18.1. The first kappa shape index (κ1) is 16.9. The molecule has 1 atom stereocenters. The second-order valence-electron chi connectivity index (χ2n) is 6.51. The largest absolute Gasteiger partial charge is 0.371 e. The van der Waals surface area contributed by atoms with E-state index in [0.717, 1.165) is 37.2 Å². The van der Waals surface area contributed by atoms with Gasteiger partial charge in [0.25, 0.3) is 0 Å². The van der Waals surface area contributed by atoms with Crippen molar-refractivity contribution in [1.29, 1.82) is 0 Å². The highest BCUT2D eigenvalue weighted by Crippen LogP contribution is 2.19. The molecule has 6 heteroatoms. The summed E-state index contributed by atoms with van der Waals surface area (Å²) in [5.41, 5.74) is 1.94. The quantitative estimate of drug-likeness (QED) is 0.679. The lowest BCUT2D eigenvalue weighted by atomic mass is 10.1. The minimum Gasteiger partial charge on any atom is -0.371 e. The van der Waals surface area contributed by atoms with E-state index in [2.05, 4.69) is 20.0 Å². The van der Waals surface area contributed by atoms with Crippen molar-refractivity contribution < 1.29 is 9.26 Å². The summed E-state index contributed by atoms with van der Waals surface area (Å²) in [5, 5.41) is 4.09. The van der Waals surface area contributed by atoms with Crippen molar-refractivity contribution in [2.75, 3.05) is 13.1 Å². The molecule has 1 aliphatic heterocycles. The maximum absolute atomic E-state index is 6.04. The molecule has 0 spiro atoms. The summed E-state index contributed by atoms with van der Waals surface area (Å²) in [6.07, 6.45) is 4.18. The molecule has 0 amide bonds. The van der Waals surface area contributed by atoms with Gasteiger partial charge in [-0.15, -0.1) is 0 Å². The molecule has 1 fully saturated rings. The van der Waals surface area contributed by atoms with Gasteiger partial charge in [0.05, 0.1) is 24.9 Å². The van der Waals surface area contributed by atoms with E-state index in [1.54, 1.807) is 6.20 Å². The van der Waals surface area contributed by atoms with Gasteiger partial charge in [0, 0.05) is 18.3 Å². The zero-order chi connectivity index (χ0) is 17.6. The smallest absolute Gasteiger partial charge is 0.241 e. The number of benzene rings is 1. The highest BCUT2D eigenvalue weighted by atomic mass is 16.5. The summed E-state index contributed by atoms with van der Waals surface area (Å²) in [5.74, 6) is 1.29. The summed E-state index contributed by atoms with van der Waals surface area (Å²) in [6, 6.07) is 15.8.